The van der Waals surface area contributed by atoms with Gasteiger partial charge in [-0.05, 0) is 49.7 Å². The van der Waals surface area contributed by atoms with E-state index < -0.39 is 10.0 Å². The highest BCUT2D eigenvalue weighted by molar-refractivity contribution is 7.89. The van der Waals surface area contributed by atoms with E-state index in [0.29, 0.717) is 18.3 Å². The third-order valence-corrected chi connectivity index (χ3v) is 7.27. The number of rotatable bonds is 4. The standard InChI is InChI=1S/C18H23N3O3S/c1-13-19-18(24-20-13)17-8-4-5-9-21(17)25(22,23)12-14-10-15-6-2-3-7-16(15)11-14/h2-3,6-7,14,17H,4-5,8-12H2,1H3. The molecule has 0 N–H and O–H groups in total. The molecule has 7 heteroatoms. The Hall–Kier alpha value is -1.73. The van der Waals surface area contributed by atoms with Crippen LogP contribution in [0.1, 0.15) is 48.1 Å². The summed E-state index contributed by atoms with van der Waals surface area (Å²) in [6.07, 6.45) is 4.29. The number of hydrogen-bond acceptors (Lipinski definition) is 5. The monoisotopic (exact) mass is 361 g/mol. The lowest BCUT2D eigenvalue weighted by atomic mass is 10.1. The van der Waals surface area contributed by atoms with E-state index >= 15 is 0 Å². The van der Waals surface area contributed by atoms with Crippen molar-refractivity contribution in [3.8, 4) is 0 Å². The van der Waals surface area contributed by atoms with Crippen LogP contribution in [0.5, 0.6) is 0 Å². The second-order valence-corrected chi connectivity index (χ2v) is 9.09. The van der Waals surface area contributed by atoms with Gasteiger partial charge in [-0.2, -0.15) is 9.29 Å². The van der Waals surface area contributed by atoms with Crippen molar-refractivity contribution in [3.63, 3.8) is 0 Å². The number of nitrogens with zero attached hydrogens (tertiary/aromatic N) is 3. The van der Waals surface area contributed by atoms with Crippen LogP contribution in [-0.2, 0) is 22.9 Å². The third kappa shape index (κ3) is 3.35. The zero-order valence-corrected chi connectivity index (χ0v) is 15.2. The summed E-state index contributed by atoms with van der Waals surface area (Å²) in [4.78, 5) is 4.28. The average molecular weight is 361 g/mol. The van der Waals surface area contributed by atoms with Gasteiger partial charge < -0.3 is 4.52 Å². The van der Waals surface area contributed by atoms with Gasteiger partial charge in [0.15, 0.2) is 5.82 Å². The van der Waals surface area contributed by atoms with E-state index in [-0.39, 0.29) is 17.7 Å². The molecule has 1 aliphatic carbocycles. The Kier molecular flexibility index (Phi) is 4.37. The zero-order chi connectivity index (χ0) is 17.4. The van der Waals surface area contributed by atoms with E-state index in [2.05, 4.69) is 22.3 Å². The summed E-state index contributed by atoms with van der Waals surface area (Å²) in [5, 5.41) is 3.83. The van der Waals surface area contributed by atoms with Gasteiger partial charge in [0.05, 0.1) is 5.75 Å². The highest BCUT2D eigenvalue weighted by Crippen LogP contribution is 2.34. The number of benzene rings is 1. The van der Waals surface area contributed by atoms with Crippen LogP contribution in [0.3, 0.4) is 0 Å². The molecule has 0 amide bonds. The topological polar surface area (TPSA) is 76.3 Å². The van der Waals surface area contributed by atoms with E-state index in [0.717, 1.165) is 32.1 Å². The molecule has 0 radical (unpaired) electrons. The molecule has 25 heavy (non-hydrogen) atoms. The smallest absolute Gasteiger partial charge is 0.245 e. The van der Waals surface area contributed by atoms with Crippen LogP contribution >= 0.6 is 0 Å². The number of hydrogen-bond donors (Lipinski definition) is 0. The first kappa shape index (κ1) is 16.7. The summed E-state index contributed by atoms with van der Waals surface area (Å²) in [6, 6.07) is 7.94. The first-order chi connectivity index (χ1) is 12.0. The van der Waals surface area contributed by atoms with Gasteiger partial charge in [0.25, 0.3) is 0 Å². The molecule has 6 nitrogen and oxygen atoms in total. The average Bonchev–Trinajstić information content (AvgIpc) is 3.19. The van der Waals surface area contributed by atoms with E-state index in [9.17, 15) is 8.42 Å². The largest absolute Gasteiger partial charge is 0.338 e. The Morgan fingerprint density at radius 1 is 1.20 bits per heavy atom. The first-order valence-corrected chi connectivity index (χ1v) is 10.5. The summed E-state index contributed by atoms with van der Waals surface area (Å²) in [7, 11) is -3.37. The van der Waals surface area contributed by atoms with Crippen molar-refractivity contribution in [2.75, 3.05) is 12.3 Å². The van der Waals surface area contributed by atoms with Crippen LogP contribution in [0.15, 0.2) is 28.8 Å². The van der Waals surface area contributed by atoms with Gasteiger partial charge in [-0.25, -0.2) is 8.42 Å². The van der Waals surface area contributed by atoms with Gasteiger partial charge >= 0.3 is 0 Å². The second-order valence-electron chi connectivity index (χ2n) is 7.12. The van der Waals surface area contributed by atoms with E-state index in [1.54, 1.807) is 11.2 Å². The molecule has 0 spiro atoms. The van der Waals surface area contributed by atoms with Crippen LogP contribution in [0.25, 0.3) is 0 Å². The highest BCUT2D eigenvalue weighted by Gasteiger charge is 2.38. The minimum Gasteiger partial charge on any atom is -0.338 e. The molecular formula is C18H23N3O3S. The predicted octanol–water partition coefficient (Wildman–Crippen LogP) is 2.65. The van der Waals surface area contributed by atoms with Crippen molar-refractivity contribution in [2.45, 2.75) is 45.1 Å². The molecule has 1 fully saturated rings. The lowest BCUT2D eigenvalue weighted by Crippen LogP contribution is -2.41. The molecule has 1 saturated heterocycles. The summed E-state index contributed by atoms with van der Waals surface area (Å²) in [6.45, 7) is 2.29. The van der Waals surface area contributed by atoms with Gasteiger partial charge in [0, 0.05) is 6.54 Å². The number of fused-ring (bicyclic) bond motifs is 1. The van der Waals surface area contributed by atoms with Gasteiger partial charge in [-0.3, -0.25) is 0 Å². The molecule has 134 valence electrons. The second kappa shape index (κ2) is 6.53. The molecule has 1 aliphatic heterocycles. The van der Waals surface area contributed by atoms with Gasteiger partial charge in [-0.1, -0.05) is 35.8 Å². The fourth-order valence-electron chi connectivity index (χ4n) is 4.09. The van der Waals surface area contributed by atoms with Crippen molar-refractivity contribution >= 4 is 10.0 Å². The lowest BCUT2D eigenvalue weighted by molar-refractivity contribution is 0.203. The molecule has 4 rings (SSSR count). The summed E-state index contributed by atoms with van der Waals surface area (Å²) in [5.74, 6) is 1.31. The molecule has 1 atom stereocenters. The Bertz CT molecular complexity index is 837. The Morgan fingerprint density at radius 3 is 2.56 bits per heavy atom. The maximum absolute atomic E-state index is 13.1. The first-order valence-electron chi connectivity index (χ1n) is 8.89. The SMILES string of the molecule is Cc1noc(C2CCCCN2S(=O)(=O)CC2Cc3ccccc3C2)n1. The normalized spacial score (nSPS) is 22.2. The van der Waals surface area contributed by atoms with Crippen LogP contribution < -0.4 is 0 Å². The zero-order valence-electron chi connectivity index (χ0n) is 14.4. The molecular weight excluding hydrogens is 338 g/mol. The minimum absolute atomic E-state index is 0.148. The van der Waals surface area contributed by atoms with Crippen molar-refractivity contribution in [2.24, 2.45) is 5.92 Å². The number of piperidine rings is 1. The van der Waals surface area contributed by atoms with E-state index in [1.165, 1.54) is 11.1 Å². The molecule has 2 aromatic rings. The van der Waals surface area contributed by atoms with E-state index in [4.69, 9.17) is 4.52 Å². The third-order valence-electron chi connectivity index (χ3n) is 5.22. The number of aromatic nitrogens is 2. The maximum Gasteiger partial charge on any atom is 0.245 e. The van der Waals surface area contributed by atoms with Crippen LogP contribution in [0, 0.1) is 12.8 Å². The Balaban J connectivity index is 1.52. The van der Waals surface area contributed by atoms with E-state index in [1.807, 2.05) is 12.1 Å². The molecule has 1 aromatic heterocycles. The minimum atomic E-state index is -3.37. The van der Waals surface area contributed by atoms with Gasteiger partial charge in [0.1, 0.15) is 6.04 Å². The summed E-state index contributed by atoms with van der Waals surface area (Å²) >= 11 is 0. The Labute approximate surface area is 148 Å². The van der Waals surface area contributed by atoms with Crippen LogP contribution in [0.2, 0.25) is 0 Å². The molecule has 0 bridgehead atoms. The summed E-state index contributed by atoms with van der Waals surface area (Å²) < 4.78 is 33.1. The van der Waals surface area contributed by atoms with Crippen LogP contribution in [-0.4, -0.2) is 35.2 Å². The Morgan fingerprint density at radius 2 is 1.92 bits per heavy atom. The fraction of sp³-hybridized carbons (Fsp3) is 0.556. The number of sulfonamides is 1. The molecule has 2 aliphatic rings. The quantitative estimate of drug-likeness (QED) is 0.837. The van der Waals surface area contributed by atoms with Crippen molar-refractivity contribution in [3.05, 3.63) is 47.1 Å². The molecule has 1 unspecified atom stereocenters. The molecule has 2 heterocycles. The van der Waals surface area contributed by atoms with Crippen molar-refractivity contribution < 1.29 is 12.9 Å². The lowest BCUT2D eigenvalue weighted by Gasteiger charge is -2.33. The van der Waals surface area contributed by atoms with Crippen LogP contribution in [0.4, 0.5) is 0 Å². The predicted molar refractivity (Wildman–Crippen MR) is 93.5 cm³/mol. The highest BCUT2D eigenvalue weighted by atomic mass is 32.2. The molecule has 1 aromatic carbocycles. The fourth-order valence-corrected chi connectivity index (χ4v) is 6.11. The van der Waals surface area contributed by atoms with Crippen molar-refractivity contribution in [1.82, 2.24) is 14.4 Å². The van der Waals surface area contributed by atoms with Crippen molar-refractivity contribution in [1.29, 1.82) is 0 Å². The summed E-state index contributed by atoms with van der Waals surface area (Å²) in [5.41, 5.74) is 2.57. The van der Waals surface area contributed by atoms with Gasteiger partial charge in [0.2, 0.25) is 15.9 Å². The molecule has 0 saturated carbocycles. The maximum atomic E-state index is 13.1. The number of aryl methyl sites for hydroxylation is 1. The van der Waals surface area contributed by atoms with Gasteiger partial charge in [-0.15, -0.1) is 0 Å².